The normalized spacial score (nSPS) is 12.6. The Balaban J connectivity index is 2.23. The van der Waals surface area contributed by atoms with Gasteiger partial charge in [0.05, 0.1) is 12.6 Å². The minimum atomic E-state index is -0.377. The highest BCUT2D eigenvalue weighted by Crippen LogP contribution is 2.36. The fraction of sp³-hybridized carbons (Fsp3) is 0.333. The van der Waals surface area contributed by atoms with E-state index in [1.807, 2.05) is 0 Å². The molecule has 2 aromatic rings. The third-order valence-electron chi connectivity index (χ3n) is 3.12. The largest absolute Gasteiger partial charge is 0.310 e. The Morgan fingerprint density at radius 2 is 2.10 bits per heavy atom. The summed E-state index contributed by atoms with van der Waals surface area (Å²) in [6.45, 7) is 3.07. The Labute approximate surface area is 150 Å². The summed E-state index contributed by atoms with van der Waals surface area (Å²) in [7, 11) is 0. The van der Waals surface area contributed by atoms with E-state index in [9.17, 15) is 4.39 Å². The van der Waals surface area contributed by atoms with Crippen molar-refractivity contribution >= 4 is 54.8 Å². The van der Waals surface area contributed by atoms with Crippen LogP contribution in [0.1, 0.15) is 30.5 Å². The van der Waals surface area contributed by atoms with Gasteiger partial charge >= 0.3 is 0 Å². The minimum absolute atomic E-state index is 0.170. The van der Waals surface area contributed by atoms with Gasteiger partial charge in [-0.2, -0.15) is 0 Å². The molecule has 0 fully saturated rings. The first-order chi connectivity index (χ1) is 10.0. The summed E-state index contributed by atoms with van der Waals surface area (Å²) < 4.78 is 15.5. The van der Waals surface area contributed by atoms with Gasteiger partial charge in [-0.1, -0.05) is 24.6 Å². The predicted octanol–water partition coefficient (Wildman–Crippen LogP) is 6.35. The monoisotopic (exact) mass is 453 g/mol. The van der Waals surface area contributed by atoms with E-state index in [1.165, 1.54) is 11.6 Å². The van der Waals surface area contributed by atoms with Gasteiger partial charge in [0.1, 0.15) is 5.82 Å². The van der Waals surface area contributed by atoms with Crippen LogP contribution in [0.4, 0.5) is 4.39 Å². The van der Waals surface area contributed by atoms with Gasteiger partial charge in [-0.15, -0.1) is 11.3 Å². The third kappa shape index (κ3) is 4.76. The molecule has 21 heavy (non-hydrogen) atoms. The van der Waals surface area contributed by atoms with Crippen molar-refractivity contribution in [3.8, 4) is 0 Å². The zero-order valence-electron chi connectivity index (χ0n) is 11.4. The Hall–Kier alpha value is 0.0600. The van der Waals surface area contributed by atoms with E-state index in [2.05, 4.69) is 50.2 Å². The number of benzene rings is 1. The van der Waals surface area contributed by atoms with Crippen molar-refractivity contribution in [2.45, 2.75) is 25.8 Å². The van der Waals surface area contributed by atoms with Gasteiger partial charge in [-0.25, -0.2) is 4.39 Å². The second-order valence-electron chi connectivity index (χ2n) is 4.74. The summed E-state index contributed by atoms with van der Waals surface area (Å²) in [6.07, 6.45) is 1.82. The quantitative estimate of drug-likeness (QED) is 0.535. The van der Waals surface area contributed by atoms with Crippen LogP contribution >= 0.6 is 54.8 Å². The molecule has 1 N–H and O–H groups in total. The number of halogens is 4. The summed E-state index contributed by atoms with van der Waals surface area (Å²) in [5, 5.41) is 3.71. The van der Waals surface area contributed by atoms with Crippen LogP contribution in [0.3, 0.4) is 0 Å². The van der Waals surface area contributed by atoms with Crippen molar-refractivity contribution in [2.75, 3.05) is 6.54 Å². The number of nitrogens with one attached hydrogen (secondary N) is 1. The molecule has 0 saturated carbocycles. The van der Waals surface area contributed by atoms with Gasteiger partial charge < -0.3 is 5.32 Å². The van der Waals surface area contributed by atoms with Crippen LogP contribution < -0.4 is 5.32 Å². The molecule has 1 aromatic carbocycles. The molecule has 1 unspecified atom stereocenters. The topological polar surface area (TPSA) is 12.0 Å². The maximum atomic E-state index is 13.3. The molecule has 114 valence electrons. The van der Waals surface area contributed by atoms with E-state index in [4.69, 9.17) is 11.6 Å². The van der Waals surface area contributed by atoms with Crippen molar-refractivity contribution in [1.82, 2.24) is 5.32 Å². The van der Waals surface area contributed by atoms with Crippen LogP contribution in [0, 0.1) is 5.82 Å². The minimum Gasteiger partial charge on any atom is -0.310 e. The van der Waals surface area contributed by atoms with E-state index in [-0.39, 0.29) is 16.9 Å². The second kappa shape index (κ2) is 8.06. The molecule has 1 atom stereocenters. The molecule has 0 spiro atoms. The Morgan fingerprint density at radius 3 is 2.67 bits per heavy atom. The number of thiophene rings is 1. The number of rotatable bonds is 6. The number of hydrogen-bond donors (Lipinski definition) is 1. The SMILES string of the molecule is CCCNC(Cc1ccc(F)c(Cl)c1)c1cc(Br)sc1Br. The van der Waals surface area contributed by atoms with Gasteiger partial charge in [0.15, 0.2) is 0 Å². The van der Waals surface area contributed by atoms with Crippen molar-refractivity contribution < 1.29 is 4.39 Å². The molecule has 0 radical (unpaired) electrons. The lowest BCUT2D eigenvalue weighted by molar-refractivity contribution is 0.528. The van der Waals surface area contributed by atoms with Gasteiger partial charge in [0.2, 0.25) is 0 Å². The van der Waals surface area contributed by atoms with Crippen LogP contribution in [0.2, 0.25) is 5.02 Å². The summed E-state index contributed by atoms with van der Waals surface area (Å²) in [5.41, 5.74) is 2.23. The van der Waals surface area contributed by atoms with Crippen molar-refractivity contribution in [2.24, 2.45) is 0 Å². The van der Waals surface area contributed by atoms with Crippen LogP contribution in [-0.4, -0.2) is 6.54 Å². The highest BCUT2D eigenvalue weighted by molar-refractivity contribution is 9.12. The molecule has 0 saturated heterocycles. The van der Waals surface area contributed by atoms with Crippen molar-refractivity contribution in [1.29, 1.82) is 0 Å². The molecule has 1 aromatic heterocycles. The Kier molecular flexibility index (Phi) is 6.69. The predicted molar refractivity (Wildman–Crippen MR) is 95.9 cm³/mol. The molecule has 1 nitrogen and oxygen atoms in total. The summed E-state index contributed by atoms with van der Waals surface area (Å²) >= 11 is 14.7. The first-order valence-corrected chi connectivity index (χ1v) is 9.41. The highest BCUT2D eigenvalue weighted by atomic mass is 79.9. The second-order valence-corrected chi connectivity index (χ2v) is 8.90. The molecule has 6 heteroatoms. The lowest BCUT2D eigenvalue weighted by Gasteiger charge is -2.18. The summed E-state index contributed by atoms with van der Waals surface area (Å²) in [4.78, 5) is 0. The molecule has 0 aliphatic heterocycles. The zero-order valence-corrected chi connectivity index (χ0v) is 16.2. The first-order valence-electron chi connectivity index (χ1n) is 6.63. The molecule has 0 aliphatic rings. The average molecular weight is 456 g/mol. The molecular formula is C15H15Br2ClFNS. The molecule has 2 rings (SSSR count). The van der Waals surface area contributed by atoms with Gasteiger partial charge in [0, 0.05) is 6.04 Å². The molecule has 0 amide bonds. The smallest absolute Gasteiger partial charge is 0.141 e. The van der Waals surface area contributed by atoms with Crippen LogP contribution in [-0.2, 0) is 6.42 Å². The molecule has 0 aliphatic carbocycles. The number of hydrogen-bond acceptors (Lipinski definition) is 2. The lowest BCUT2D eigenvalue weighted by atomic mass is 10.0. The standard InChI is InChI=1S/C15H15Br2ClFNS/c1-2-5-20-13(10-8-14(16)21-15(10)17)7-9-3-4-12(19)11(18)6-9/h3-4,6,8,13,20H,2,5,7H2,1H3. The third-order valence-corrected chi connectivity index (χ3v) is 5.80. The maximum absolute atomic E-state index is 13.3. The lowest BCUT2D eigenvalue weighted by Crippen LogP contribution is -2.24. The van der Waals surface area contributed by atoms with E-state index in [1.54, 1.807) is 23.5 Å². The van der Waals surface area contributed by atoms with Crippen LogP contribution in [0.5, 0.6) is 0 Å². The summed E-state index contributed by atoms with van der Waals surface area (Å²) in [6, 6.07) is 7.20. The average Bonchev–Trinajstić information content (AvgIpc) is 2.77. The van der Waals surface area contributed by atoms with E-state index in [0.29, 0.717) is 0 Å². The van der Waals surface area contributed by atoms with Crippen LogP contribution in [0.25, 0.3) is 0 Å². The molecule has 0 bridgehead atoms. The fourth-order valence-electron chi connectivity index (χ4n) is 2.10. The highest BCUT2D eigenvalue weighted by Gasteiger charge is 2.17. The Morgan fingerprint density at radius 1 is 1.33 bits per heavy atom. The van der Waals surface area contributed by atoms with E-state index in [0.717, 1.165) is 32.5 Å². The van der Waals surface area contributed by atoms with Gasteiger partial charge in [0.25, 0.3) is 0 Å². The maximum Gasteiger partial charge on any atom is 0.141 e. The Bertz CT molecular complexity index is 618. The van der Waals surface area contributed by atoms with Crippen molar-refractivity contribution in [3.63, 3.8) is 0 Å². The van der Waals surface area contributed by atoms with Crippen LogP contribution in [0.15, 0.2) is 31.8 Å². The zero-order chi connectivity index (χ0) is 15.4. The van der Waals surface area contributed by atoms with E-state index < -0.39 is 0 Å². The molecule has 1 heterocycles. The van der Waals surface area contributed by atoms with E-state index >= 15 is 0 Å². The summed E-state index contributed by atoms with van der Waals surface area (Å²) in [5.74, 6) is -0.377. The van der Waals surface area contributed by atoms with Gasteiger partial charge in [-0.05, 0) is 80.6 Å². The first kappa shape index (κ1) is 17.4. The van der Waals surface area contributed by atoms with Crippen molar-refractivity contribution in [3.05, 3.63) is 53.8 Å². The molecular weight excluding hydrogens is 440 g/mol. The van der Waals surface area contributed by atoms with Gasteiger partial charge in [-0.3, -0.25) is 0 Å². The fourth-order valence-corrected chi connectivity index (χ4v) is 5.28.